The number of nitrogens with zero attached hydrogens (tertiary/aromatic N) is 1. The van der Waals surface area contributed by atoms with Crippen LogP contribution in [0.3, 0.4) is 0 Å². The van der Waals surface area contributed by atoms with E-state index in [4.69, 9.17) is 21.1 Å². The van der Waals surface area contributed by atoms with Crippen LogP contribution >= 0.6 is 34.7 Å². The number of fused-ring (bicyclic) bond motifs is 2. The molecular formula is C25H23ClN2O5S2. The minimum absolute atomic E-state index is 0.217. The van der Waals surface area contributed by atoms with Gasteiger partial charge in [0.1, 0.15) is 5.25 Å². The number of hydrogen-bond donors (Lipinski definition) is 1. The third-order valence-electron chi connectivity index (χ3n) is 6.03. The highest BCUT2D eigenvalue weighted by molar-refractivity contribution is 8.00. The molecule has 3 atom stereocenters. The van der Waals surface area contributed by atoms with Gasteiger partial charge in [-0.15, -0.1) is 0 Å². The molecule has 2 aromatic carbocycles. The van der Waals surface area contributed by atoms with Crippen molar-refractivity contribution in [3.63, 3.8) is 0 Å². The molecule has 2 aliphatic rings. The number of amides is 2. The van der Waals surface area contributed by atoms with E-state index in [1.165, 1.54) is 16.7 Å². The van der Waals surface area contributed by atoms with Gasteiger partial charge in [-0.25, -0.2) is 4.90 Å². The molecule has 1 saturated heterocycles. The smallest absolute Gasteiger partial charge is 0.305 e. The Balaban J connectivity index is 1.59. The first-order chi connectivity index (χ1) is 16.8. The van der Waals surface area contributed by atoms with Crippen molar-refractivity contribution in [2.45, 2.75) is 30.0 Å². The fraction of sp³-hybridized carbons (Fsp3) is 0.320. The Kier molecular flexibility index (Phi) is 6.41. The second kappa shape index (κ2) is 9.37. The second-order valence-electron chi connectivity index (χ2n) is 8.85. The van der Waals surface area contributed by atoms with E-state index >= 15 is 0 Å². The minimum Gasteiger partial charge on any atom is -0.493 e. The van der Waals surface area contributed by atoms with Crippen molar-refractivity contribution in [1.82, 2.24) is 4.98 Å². The quantitative estimate of drug-likeness (QED) is 0.455. The highest BCUT2D eigenvalue weighted by Gasteiger charge is 2.56. The van der Waals surface area contributed by atoms with Crippen molar-refractivity contribution in [2.24, 2.45) is 11.8 Å². The first-order valence-electron chi connectivity index (χ1n) is 11.1. The van der Waals surface area contributed by atoms with Gasteiger partial charge in [-0.05, 0) is 47.9 Å². The predicted molar refractivity (Wildman–Crippen MR) is 137 cm³/mol. The number of halogens is 1. The molecule has 0 aliphatic carbocycles. The zero-order valence-corrected chi connectivity index (χ0v) is 21.6. The average molecular weight is 531 g/mol. The van der Waals surface area contributed by atoms with Crippen LogP contribution in [0.15, 0.2) is 52.3 Å². The van der Waals surface area contributed by atoms with Crippen molar-refractivity contribution in [3.8, 4) is 11.5 Å². The Hall–Kier alpha value is -2.75. The van der Waals surface area contributed by atoms with E-state index in [9.17, 15) is 14.4 Å². The maximum atomic E-state index is 13.8. The number of aromatic nitrogens is 1. The molecule has 10 heteroatoms. The van der Waals surface area contributed by atoms with Gasteiger partial charge in [0, 0.05) is 15.8 Å². The summed E-state index contributed by atoms with van der Waals surface area (Å²) in [4.78, 5) is 44.1. The number of thioether (sulfide) groups is 1. The number of benzene rings is 2. The van der Waals surface area contributed by atoms with E-state index in [-0.39, 0.29) is 16.7 Å². The molecule has 2 amide bonds. The Morgan fingerprint density at radius 2 is 1.80 bits per heavy atom. The van der Waals surface area contributed by atoms with Crippen LogP contribution in [0.1, 0.15) is 30.2 Å². The van der Waals surface area contributed by atoms with Gasteiger partial charge in [0.25, 0.3) is 0 Å². The van der Waals surface area contributed by atoms with Crippen LogP contribution < -0.4 is 19.2 Å². The van der Waals surface area contributed by atoms with Crippen LogP contribution in [0, 0.1) is 11.8 Å². The number of thiazole rings is 1. The molecule has 5 rings (SSSR count). The third kappa shape index (κ3) is 4.26. The molecular weight excluding hydrogens is 508 g/mol. The second-order valence-corrected chi connectivity index (χ2v) is 11.5. The number of carbonyl (C=O) groups excluding carboxylic acids is 2. The lowest BCUT2D eigenvalue weighted by Gasteiger charge is -2.30. The number of nitrogens with one attached hydrogen (secondary N) is 1. The first-order valence-corrected chi connectivity index (χ1v) is 13.2. The van der Waals surface area contributed by atoms with Gasteiger partial charge in [-0.3, -0.25) is 14.4 Å². The number of ether oxygens (including phenoxy) is 2. The Bertz CT molecular complexity index is 1350. The van der Waals surface area contributed by atoms with Crippen molar-refractivity contribution in [2.75, 3.05) is 18.6 Å². The number of carbonyl (C=O) groups is 2. The van der Waals surface area contributed by atoms with Crippen LogP contribution in [0.25, 0.3) is 0 Å². The molecule has 0 saturated carbocycles. The summed E-state index contributed by atoms with van der Waals surface area (Å²) in [5.41, 5.74) is 1.26. The van der Waals surface area contributed by atoms with E-state index in [1.54, 1.807) is 31.4 Å². The fourth-order valence-electron chi connectivity index (χ4n) is 4.47. The molecule has 0 spiro atoms. The summed E-state index contributed by atoms with van der Waals surface area (Å²) in [6.07, 6.45) is 0. The lowest BCUT2D eigenvalue weighted by Crippen LogP contribution is -2.32. The summed E-state index contributed by atoms with van der Waals surface area (Å²) in [6, 6.07) is 12.2. The molecule has 0 bridgehead atoms. The van der Waals surface area contributed by atoms with Gasteiger partial charge >= 0.3 is 4.87 Å². The number of rotatable bonds is 6. The van der Waals surface area contributed by atoms with Gasteiger partial charge in [-0.2, -0.15) is 0 Å². The lowest BCUT2D eigenvalue weighted by atomic mass is 9.83. The molecule has 3 heterocycles. The summed E-state index contributed by atoms with van der Waals surface area (Å²) in [7, 11) is 1.56. The zero-order valence-electron chi connectivity index (χ0n) is 19.2. The number of H-pyrrole nitrogens is 1. The Morgan fingerprint density at radius 3 is 2.49 bits per heavy atom. The predicted octanol–water partition coefficient (Wildman–Crippen LogP) is 4.93. The number of aromatic amines is 1. The third-order valence-corrected chi connectivity index (χ3v) is 8.68. The number of anilines is 1. The summed E-state index contributed by atoms with van der Waals surface area (Å²) in [5.74, 6) is -0.281. The van der Waals surface area contributed by atoms with Gasteiger partial charge in [0.05, 0.1) is 30.3 Å². The van der Waals surface area contributed by atoms with Gasteiger partial charge in [0.2, 0.25) is 11.8 Å². The SMILES string of the molecule is COc1cc(C2c3sc(=O)[nH]c3SC3C(=O)N(c4ccc(Cl)cc4)C(=O)C32)ccc1OCC(C)C. The number of imide groups is 1. The molecule has 3 aromatic rings. The molecule has 2 aliphatic heterocycles. The molecule has 1 aromatic heterocycles. The molecule has 182 valence electrons. The summed E-state index contributed by atoms with van der Waals surface area (Å²) >= 11 is 8.33. The molecule has 0 radical (unpaired) electrons. The van der Waals surface area contributed by atoms with Crippen LogP contribution in [-0.4, -0.2) is 35.8 Å². The van der Waals surface area contributed by atoms with Crippen LogP contribution in [0.2, 0.25) is 5.02 Å². The van der Waals surface area contributed by atoms with Crippen molar-refractivity contribution in [1.29, 1.82) is 0 Å². The van der Waals surface area contributed by atoms with E-state index in [0.717, 1.165) is 21.8 Å². The Morgan fingerprint density at radius 1 is 1.06 bits per heavy atom. The lowest BCUT2D eigenvalue weighted by molar-refractivity contribution is -0.122. The molecule has 1 fully saturated rings. The highest BCUT2D eigenvalue weighted by Crippen LogP contribution is 2.53. The minimum atomic E-state index is -0.672. The monoisotopic (exact) mass is 530 g/mol. The summed E-state index contributed by atoms with van der Waals surface area (Å²) < 4.78 is 11.5. The zero-order chi connectivity index (χ0) is 24.9. The summed E-state index contributed by atoms with van der Waals surface area (Å²) in [5, 5.41) is 0.484. The van der Waals surface area contributed by atoms with Crippen molar-refractivity contribution in [3.05, 3.63) is 67.6 Å². The number of hydrogen-bond acceptors (Lipinski definition) is 7. The van der Waals surface area contributed by atoms with Gasteiger partial charge < -0.3 is 14.5 Å². The van der Waals surface area contributed by atoms with Gasteiger partial charge in [-0.1, -0.05) is 54.6 Å². The maximum absolute atomic E-state index is 13.8. The van der Waals surface area contributed by atoms with E-state index in [1.807, 2.05) is 18.2 Å². The van der Waals surface area contributed by atoms with Gasteiger partial charge in [0.15, 0.2) is 11.5 Å². The normalized spacial score (nSPS) is 21.3. The number of methoxy groups -OCH3 is 1. The van der Waals surface area contributed by atoms with E-state index in [0.29, 0.717) is 39.8 Å². The van der Waals surface area contributed by atoms with E-state index in [2.05, 4.69) is 18.8 Å². The molecule has 7 nitrogen and oxygen atoms in total. The Labute approximate surface area is 215 Å². The summed E-state index contributed by atoms with van der Waals surface area (Å²) in [6.45, 7) is 4.66. The van der Waals surface area contributed by atoms with Crippen molar-refractivity contribution >= 4 is 52.2 Å². The highest BCUT2D eigenvalue weighted by atomic mass is 35.5. The largest absolute Gasteiger partial charge is 0.493 e. The van der Waals surface area contributed by atoms with Crippen LogP contribution in [0.5, 0.6) is 11.5 Å². The molecule has 1 N–H and O–H groups in total. The first kappa shape index (κ1) is 24.0. The van der Waals surface area contributed by atoms with Crippen LogP contribution in [-0.2, 0) is 9.59 Å². The van der Waals surface area contributed by atoms with Crippen molar-refractivity contribution < 1.29 is 19.1 Å². The van der Waals surface area contributed by atoms with Crippen LogP contribution in [0.4, 0.5) is 5.69 Å². The standard InChI is InChI=1S/C25H23ClN2O5S2/c1-12(2)11-33-16-9-4-13(10-17(16)32-3)18-19-21(34-22-20(18)35-25(31)27-22)24(30)28(23(19)29)15-7-5-14(26)6-8-15/h4-10,12,18-19,21H,11H2,1-3H3,(H,27,31). The average Bonchev–Trinajstić information content (AvgIpc) is 3.32. The fourth-order valence-corrected chi connectivity index (χ4v) is 7.12. The molecule has 3 unspecified atom stereocenters. The molecule has 35 heavy (non-hydrogen) atoms. The van der Waals surface area contributed by atoms with E-state index < -0.39 is 17.1 Å². The topological polar surface area (TPSA) is 88.7 Å². The maximum Gasteiger partial charge on any atom is 0.305 e.